The van der Waals surface area contributed by atoms with Crippen LogP contribution in [0.15, 0.2) is 60.7 Å². The van der Waals surface area contributed by atoms with Crippen molar-refractivity contribution in [2.24, 2.45) is 0 Å². The number of carbonyl (C=O) groups excluding carboxylic acids is 1. The summed E-state index contributed by atoms with van der Waals surface area (Å²) in [5.41, 5.74) is 2.31. The molecule has 0 atom stereocenters. The number of aromatic nitrogens is 1. The Morgan fingerprint density at radius 2 is 1.73 bits per heavy atom. The number of anilines is 1. The molecule has 3 aromatic rings. The van der Waals surface area contributed by atoms with Crippen LogP contribution >= 0.6 is 0 Å². The number of rotatable bonds is 7. The highest BCUT2D eigenvalue weighted by Crippen LogP contribution is 2.19. The van der Waals surface area contributed by atoms with E-state index in [-0.39, 0.29) is 5.91 Å². The van der Waals surface area contributed by atoms with Gasteiger partial charge in [0.15, 0.2) is 0 Å². The van der Waals surface area contributed by atoms with Gasteiger partial charge < -0.3 is 14.5 Å². The maximum absolute atomic E-state index is 12.5. The van der Waals surface area contributed by atoms with Crippen LogP contribution in [0.25, 0.3) is 10.9 Å². The SMILES string of the molecule is CCc1ccc(OCCCC(=O)N2CCN(c3ccc4ccccc4n3)CC2)cc1. The number of hydrogen-bond donors (Lipinski definition) is 0. The lowest BCUT2D eigenvalue weighted by molar-refractivity contribution is -0.131. The minimum absolute atomic E-state index is 0.214. The van der Waals surface area contributed by atoms with E-state index in [0.29, 0.717) is 13.0 Å². The number of carbonyl (C=O) groups is 1. The predicted molar refractivity (Wildman–Crippen MR) is 121 cm³/mol. The lowest BCUT2D eigenvalue weighted by atomic mass is 10.2. The van der Waals surface area contributed by atoms with Gasteiger partial charge in [-0.1, -0.05) is 37.3 Å². The first-order valence-electron chi connectivity index (χ1n) is 10.8. The van der Waals surface area contributed by atoms with Gasteiger partial charge in [-0.15, -0.1) is 0 Å². The van der Waals surface area contributed by atoms with Crippen molar-refractivity contribution in [3.05, 3.63) is 66.2 Å². The summed E-state index contributed by atoms with van der Waals surface area (Å²) < 4.78 is 5.77. The zero-order valence-electron chi connectivity index (χ0n) is 17.6. The number of nitrogens with zero attached hydrogens (tertiary/aromatic N) is 3. The maximum Gasteiger partial charge on any atom is 0.222 e. The standard InChI is InChI=1S/C25H29N3O2/c1-2-20-9-12-22(13-10-20)30-19-5-8-25(29)28-17-15-27(16-18-28)24-14-11-21-6-3-4-7-23(21)26-24/h3-4,6-7,9-14H,2,5,8,15-19H2,1H3. The van der Waals surface area contributed by atoms with Crippen molar-refractivity contribution >= 4 is 22.6 Å². The Labute approximate surface area is 178 Å². The topological polar surface area (TPSA) is 45.7 Å². The highest BCUT2D eigenvalue weighted by Gasteiger charge is 2.21. The molecule has 2 heterocycles. The molecule has 0 N–H and O–H groups in total. The fourth-order valence-corrected chi connectivity index (χ4v) is 3.81. The predicted octanol–water partition coefficient (Wildman–Crippen LogP) is 4.31. The molecule has 1 aliphatic rings. The summed E-state index contributed by atoms with van der Waals surface area (Å²) in [5.74, 6) is 2.07. The molecular formula is C25H29N3O2. The van der Waals surface area contributed by atoms with Gasteiger partial charge in [0.1, 0.15) is 11.6 Å². The van der Waals surface area contributed by atoms with E-state index in [1.807, 2.05) is 35.2 Å². The van der Waals surface area contributed by atoms with Gasteiger partial charge in [0, 0.05) is 38.0 Å². The second kappa shape index (κ2) is 9.61. The number of fused-ring (bicyclic) bond motifs is 1. The van der Waals surface area contributed by atoms with E-state index in [0.717, 1.165) is 61.5 Å². The fraction of sp³-hybridized carbons (Fsp3) is 0.360. The molecule has 4 rings (SSSR count). The molecule has 0 unspecified atom stereocenters. The molecule has 0 aliphatic carbocycles. The first-order valence-corrected chi connectivity index (χ1v) is 10.8. The Kier molecular flexibility index (Phi) is 6.47. The van der Waals surface area contributed by atoms with Crippen molar-refractivity contribution in [2.45, 2.75) is 26.2 Å². The Balaban J connectivity index is 1.21. The van der Waals surface area contributed by atoms with Crippen LogP contribution in [0, 0.1) is 0 Å². The first-order chi connectivity index (χ1) is 14.7. The van der Waals surface area contributed by atoms with Crippen molar-refractivity contribution in [1.29, 1.82) is 0 Å². The molecular weight excluding hydrogens is 374 g/mol. The Hall–Kier alpha value is -3.08. The van der Waals surface area contributed by atoms with Gasteiger partial charge >= 0.3 is 0 Å². The molecule has 0 bridgehead atoms. The number of aryl methyl sites for hydroxylation is 1. The smallest absolute Gasteiger partial charge is 0.222 e. The average molecular weight is 404 g/mol. The molecule has 1 amide bonds. The van der Waals surface area contributed by atoms with Crippen molar-refractivity contribution in [3.63, 3.8) is 0 Å². The zero-order chi connectivity index (χ0) is 20.8. The van der Waals surface area contributed by atoms with Crippen LogP contribution in [-0.4, -0.2) is 48.6 Å². The minimum atomic E-state index is 0.214. The van der Waals surface area contributed by atoms with Crippen molar-refractivity contribution < 1.29 is 9.53 Å². The van der Waals surface area contributed by atoms with E-state index >= 15 is 0 Å². The molecule has 1 fully saturated rings. The minimum Gasteiger partial charge on any atom is -0.494 e. The summed E-state index contributed by atoms with van der Waals surface area (Å²) in [6.07, 6.45) is 2.29. The lowest BCUT2D eigenvalue weighted by Crippen LogP contribution is -2.49. The first kappa shape index (κ1) is 20.2. The molecule has 1 aliphatic heterocycles. The molecule has 1 aromatic heterocycles. The van der Waals surface area contributed by atoms with Crippen LogP contribution in [0.5, 0.6) is 5.75 Å². The Morgan fingerprint density at radius 1 is 0.967 bits per heavy atom. The van der Waals surface area contributed by atoms with Crippen LogP contribution in [0.4, 0.5) is 5.82 Å². The Morgan fingerprint density at radius 3 is 2.50 bits per heavy atom. The highest BCUT2D eigenvalue weighted by atomic mass is 16.5. The number of amides is 1. The van der Waals surface area contributed by atoms with E-state index in [9.17, 15) is 4.79 Å². The van der Waals surface area contributed by atoms with Crippen LogP contribution in [-0.2, 0) is 11.2 Å². The van der Waals surface area contributed by atoms with Gasteiger partial charge in [0.05, 0.1) is 12.1 Å². The van der Waals surface area contributed by atoms with Crippen LogP contribution in [0.3, 0.4) is 0 Å². The van der Waals surface area contributed by atoms with Gasteiger partial charge in [-0.2, -0.15) is 0 Å². The number of para-hydroxylation sites is 1. The molecule has 30 heavy (non-hydrogen) atoms. The summed E-state index contributed by atoms with van der Waals surface area (Å²) >= 11 is 0. The molecule has 0 radical (unpaired) electrons. The normalized spacial score (nSPS) is 14.2. The average Bonchev–Trinajstić information content (AvgIpc) is 2.82. The molecule has 156 valence electrons. The maximum atomic E-state index is 12.5. The summed E-state index contributed by atoms with van der Waals surface area (Å²) in [5, 5.41) is 1.15. The second-order valence-electron chi connectivity index (χ2n) is 7.68. The van der Waals surface area contributed by atoms with Crippen molar-refractivity contribution in [3.8, 4) is 5.75 Å². The number of hydrogen-bond acceptors (Lipinski definition) is 4. The molecule has 5 nitrogen and oxygen atoms in total. The van der Waals surface area contributed by atoms with Gasteiger partial charge in [-0.25, -0.2) is 4.98 Å². The van der Waals surface area contributed by atoms with E-state index in [1.165, 1.54) is 5.56 Å². The van der Waals surface area contributed by atoms with Crippen LogP contribution in [0.1, 0.15) is 25.3 Å². The van der Waals surface area contributed by atoms with Gasteiger partial charge in [-0.3, -0.25) is 4.79 Å². The third-order valence-electron chi connectivity index (χ3n) is 5.68. The quantitative estimate of drug-likeness (QED) is 0.552. The second-order valence-corrected chi connectivity index (χ2v) is 7.68. The monoisotopic (exact) mass is 403 g/mol. The number of ether oxygens (including phenoxy) is 1. The van der Waals surface area contributed by atoms with Crippen LogP contribution in [0.2, 0.25) is 0 Å². The number of benzene rings is 2. The summed E-state index contributed by atoms with van der Waals surface area (Å²) in [6.45, 7) is 5.83. The fourth-order valence-electron chi connectivity index (χ4n) is 3.81. The molecule has 5 heteroatoms. The third-order valence-corrected chi connectivity index (χ3v) is 5.68. The third kappa shape index (κ3) is 4.90. The van der Waals surface area contributed by atoms with E-state index in [2.05, 4.69) is 42.2 Å². The number of pyridine rings is 1. The van der Waals surface area contributed by atoms with Gasteiger partial charge in [-0.05, 0) is 48.7 Å². The van der Waals surface area contributed by atoms with Crippen molar-refractivity contribution in [2.75, 3.05) is 37.7 Å². The molecule has 1 saturated heterocycles. The molecule has 2 aromatic carbocycles. The zero-order valence-corrected chi connectivity index (χ0v) is 17.6. The van der Waals surface area contributed by atoms with E-state index in [4.69, 9.17) is 9.72 Å². The molecule has 0 spiro atoms. The largest absolute Gasteiger partial charge is 0.494 e. The molecule has 0 saturated carbocycles. The Bertz CT molecular complexity index is 979. The summed E-state index contributed by atoms with van der Waals surface area (Å²) in [4.78, 5) is 21.6. The lowest BCUT2D eigenvalue weighted by Gasteiger charge is -2.35. The van der Waals surface area contributed by atoms with E-state index < -0.39 is 0 Å². The van der Waals surface area contributed by atoms with Crippen LogP contribution < -0.4 is 9.64 Å². The summed E-state index contributed by atoms with van der Waals surface area (Å²) in [7, 11) is 0. The van der Waals surface area contributed by atoms with Crippen molar-refractivity contribution in [1.82, 2.24) is 9.88 Å². The van der Waals surface area contributed by atoms with Gasteiger partial charge in [0.25, 0.3) is 0 Å². The number of piperazine rings is 1. The summed E-state index contributed by atoms with van der Waals surface area (Å²) in [6, 6.07) is 20.5. The highest BCUT2D eigenvalue weighted by molar-refractivity contribution is 5.80. The van der Waals surface area contributed by atoms with Gasteiger partial charge in [0.2, 0.25) is 5.91 Å². The van der Waals surface area contributed by atoms with E-state index in [1.54, 1.807) is 0 Å².